The van der Waals surface area contributed by atoms with E-state index in [2.05, 4.69) is 16.6 Å². The number of hydrogen-bond donors (Lipinski definition) is 2. The highest BCUT2D eigenvalue weighted by Crippen LogP contribution is 2.31. The molecule has 8 heteroatoms. The largest absolute Gasteiger partial charge is 0.573 e. The van der Waals surface area contributed by atoms with Gasteiger partial charge in [-0.05, 0) is 24.3 Å². The smallest absolute Gasteiger partial charge is 0.404 e. The Morgan fingerprint density at radius 3 is 2.47 bits per heavy atom. The van der Waals surface area contributed by atoms with Gasteiger partial charge in [0, 0.05) is 5.56 Å². The van der Waals surface area contributed by atoms with E-state index in [0.29, 0.717) is 0 Å². The van der Waals surface area contributed by atoms with Crippen molar-refractivity contribution in [1.29, 1.82) is 0 Å². The molecule has 1 aromatic carbocycles. The van der Waals surface area contributed by atoms with Crippen molar-refractivity contribution in [3.8, 4) is 5.75 Å². The summed E-state index contributed by atoms with van der Waals surface area (Å²) in [6, 6.07) is 2.91. The van der Waals surface area contributed by atoms with Gasteiger partial charge in [-0.15, -0.1) is 13.2 Å². The zero-order chi connectivity index (χ0) is 14.6. The zero-order valence-corrected chi connectivity index (χ0v) is 9.45. The first-order chi connectivity index (χ1) is 8.73. The molecule has 0 atom stereocenters. The van der Waals surface area contributed by atoms with Gasteiger partial charge in [0.1, 0.15) is 0 Å². The van der Waals surface area contributed by atoms with Crippen LogP contribution in [0.5, 0.6) is 5.75 Å². The third-order valence-corrected chi connectivity index (χ3v) is 1.93. The van der Waals surface area contributed by atoms with Gasteiger partial charge in [-0.3, -0.25) is 9.59 Å². The van der Waals surface area contributed by atoms with E-state index < -0.39 is 23.9 Å². The quantitative estimate of drug-likeness (QED) is 0.821. The molecule has 0 unspecified atom stereocenters. The number of rotatable bonds is 4. The fourth-order valence-electron chi connectivity index (χ4n) is 1.18. The van der Waals surface area contributed by atoms with Crippen molar-refractivity contribution in [3.05, 3.63) is 36.4 Å². The first kappa shape index (κ1) is 14.6. The van der Waals surface area contributed by atoms with Crippen LogP contribution in [0.15, 0.2) is 30.9 Å². The van der Waals surface area contributed by atoms with E-state index in [-0.39, 0.29) is 11.3 Å². The van der Waals surface area contributed by atoms with E-state index in [1.807, 2.05) is 0 Å². The number of alkyl halides is 3. The van der Waals surface area contributed by atoms with Gasteiger partial charge in [0.25, 0.3) is 0 Å². The molecule has 2 amide bonds. The van der Waals surface area contributed by atoms with Crippen LogP contribution < -0.4 is 15.8 Å². The summed E-state index contributed by atoms with van der Waals surface area (Å²) in [5.41, 5.74) is 4.58. The third kappa shape index (κ3) is 4.34. The predicted molar refractivity (Wildman–Crippen MR) is 60.5 cm³/mol. The molecular weight excluding hydrogens is 265 g/mol. The van der Waals surface area contributed by atoms with Gasteiger partial charge in [0.2, 0.25) is 11.8 Å². The monoisotopic (exact) mass is 274 g/mol. The normalized spacial score (nSPS) is 10.7. The molecule has 0 heterocycles. The fraction of sp³-hybridized carbons (Fsp3) is 0.0909. The van der Waals surface area contributed by atoms with E-state index in [9.17, 15) is 22.8 Å². The van der Waals surface area contributed by atoms with E-state index >= 15 is 0 Å². The van der Waals surface area contributed by atoms with Crippen molar-refractivity contribution in [2.24, 2.45) is 5.73 Å². The van der Waals surface area contributed by atoms with Gasteiger partial charge in [0.05, 0.1) is 5.69 Å². The topological polar surface area (TPSA) is 81.4 Å². The van der Waals surface area contributed by atoms with E-state index in [0.717, 1.165) is 24.3 Å². The second kappa shape index (κ2) is 5.42. The third-order valence-electron chi connectivity index (χ3n) is 1.93. The predicted octanol–water partition coefficient (Wildman–Crippen LogP) is 1.81. The lowest BCUT2D eigenvalue weighted by atomic mass is 10.1. The first-order valence-corrected chi connectivity index (χ1v) is 4.86. The second-order valence-corrected chi connectivity index (χ2v) is 3.32. The van der Waals surface area contributed by atoms with Crippen LogP contribution in [0.25, 0.3) is 0 Å². The van der Waals surface area contributed by atoms with Crippen molar-refractivity contribution in [2.45, 2.75) is 6.36 Å². The van der Waals surface area contributed by atoms with Gasteiger partial charge in [0.15, 0.2) is 5.75 Å². The van der Waals surface area contributed by atoms with Crippen LogP contribution in [-0.2, 0) is 4.79 Å². The van der Waals surface area contributed by atoms with Crippen LogP contribution >= 0.6 is 0 Å². The number of ether oxygens (including phenoxy) is 1. The van der Waals surface area contributed by atoms with Crippen molar-refractivity contribution >= 4 is 17.5 Å². The zero-order valence-electron chi connectivity index (χ0n) is 9.45. The van der Waals surface area contributed by atoms with Gasteiger partial charge in [-0.25, -0.2) is 0 Å². The lowest BCUT2D eigenvalue weighted by Crippen LogP contribution is -2.20. The number of nitrogens with one attached hydrogen (secondary N) is 1. The highest BCUT2D eigenvalue weighted by molar-refractivity contribution is 6.01. The number of carbonyl (C=O) groups is 2. The molecule has 0 saturated heterocycles. The molecule has 0 radical (unpaired) electrons. The first-order valence-electron chi connectivity index (χ1n) is 4.86. The fourth-order valence-corrected chi connectivity index (χ4v) is 1.18. The Labute approximate surface area is 105 Å². The Hall–Kier alpha value is -2.51. The lowest BCUT2D eigenvalue weighted by molar-refractivity contribution is -0.274. The Bertz CT molecular complexity index is 526. The van der Waals surface area contributed by atoms with Crippen LogP contribution in [0.3, 0.4) is 0 Å². The maximum atomic E-state index is 12.2. The van der Waals surface area contributed by atoms with Crippen molar-refractivity contribution in [3.63, 3.8) is 0 Å². The molecule has 1 aromatic rings. The molecular formula is C11H9F3N2O3. The summed E-state index contributed by atoms with van der Waals surface area (Å²) in [7, 11) is 0. The number of benzene rings is 1. The number of amides is 2. The molecule has 0 aliphatic rings. The molecule has 1 rings (SSSR count). The minimum atomic E-state index is -4.93. The van der Waals surface area contributed by atoms with Crippen molar-refractivity contribution in [2.75, 3.05) is 5.32 Å². The summed E-state index contributed by atoms with van der Waals surface area (Å²) >= 11 is 0. The highest BCUT2D eigenvalue weighted by Gasteiger charge is 2.32. The Balaban J connectivity index is 3.18. The van der Waals surface area contributed by atoms with Crippen molar-refractivity contribution < 1.29 is 27.5 Å². The van der Waals surface area contributed by atoms with Gasteiger partial charge in [-0.1, -0.05) is 6.58 Å². The summed E-state index contributed by atoms with van der Waals surface area (Å²) in [6.45, 7) is 3.15. The standard InChI is InChI=1S/C11H9F3N2O3/c1-2-9(17)16-7-5-6(10(15)18)3-4-8(7)19-11(12,13)14/h2-5H,1H2,(H2,15,18)(H,16,17). The Kier molecular flexibility index (Phi) is 4.15. The number of anilines is 1. The molecule has 0 fully saturated rings. The summed E-state index contributed by atoms with van der Waals surface area (Å²) in [6.07, 6.45) is -4.07. The number of halogens is 3. The molecule has 5 nitrogen and oxygen atoms in total. The average Bonchev–Trinajstić information content (AvgIpc) is 2.29. The Morgan fingerprint density at radius 1 is 1.37 bits per heavy atom. The number of nitrogens with two attached hydrogens (primary N) is 1. The van der Waals surface area contributed by atoms with Crippen LogP contribution in [0.4, 0.5) is 18.9 Å². The minimum absolute atomic E-state index is 0.0751. The van der Waals surface area contributed by atoms with Crippen LogP contribution in [0.2, 0.25) is 0 Å². The van der Waals surface area contributed by atoms with Crippen LogP contribution in [0.1, 0.15) is 10.4 Å². The van der Waals surface area contributed by atoms with Gasteiger partial charge in [-0.2, -0.15) is 0 Å². The molecule has 0 aromatic heterocycles. The molecule has 0 aliphatic heterocycles. The average molecular weight is 274 g/mol. The molecule has 102 valence electrons. The second-order valence-electron chi connectivity index (χ2n) is 3.32. The summed E-state index contributed by atoms with van der Waals surface area (Å²) < 4.78 is 40.2. The van der Waals surface area contributed by atoms with Gasteiger partial charge < -0.3 is 15.8 Å². The van der Waals surface area contributed by atoms with Gasteiger partial charge >= 0.3 is 6.36 Å². The maximum Gasteiger partial charge on any atom is 0.573 e. The number of primary amides is 1. The summed E-state index contributed by atoms with van der Waals surface area (Å²) in [5.74, 6) is -2.27. The maximum absolute atomic E-state index is 12.2. The SMILES string of the molecule is C=CC(=O)Nc1cc(C(N)=O)ccc1OC(F)(F)F. The number of carbonyl (C=O) groups excluding carboxylic acids is 2. The molecule has 0 spiro atoms. The minimum Gasteiger partial charge on any atom is -0.404 e. The summed E-state index contributed by atoms with van der Waals surface area (Å²) in [4.78, 5) is 22.0. The molecule has 3 N–H and O–H groups in total. The summed E-state index contributed by atoms with van der Waals surface area (Å²) in [5, 5.41) is 2.09. The van der Waals surface area contributed by atoms with Crippen LogP contribution in [0, 0.1) is 0 Å². The molecule has 0 bridgehead atoms. The molecule has 0 saturated carbocycles. The molecule has 19 heavy (non-hydrogen) atoms. The molecule has 0 aliphatic carbocycles. The van der Waals surface area contributed by atoms with E-state index in [4.69, 9.17) is 5.73 Å². The van der Waals surface area contributed by atoms with E-state index in [1.54, 1.807) is 0 Å². The van der Waals surface area contributed by atoms with E-state index in [1.165, 1.54) is 0 Å². The number of hydrogen-bond acceptors (Lipinski definition) is 3. The van der Waals surface area contributed by atoms with Crippen LogP contribution in [-0.4, -0.2) is 18.2 Å². The highest BCUT2D eigenvalue weighted by atomic mass is 19.4. The lowest BCUT2D eigenvalue weighted by Gasteiger charge is -2.14. The Morgan fingerprint density at radius 2 is 2.00 bits per heavy atom. The van der Waals surface area contributed by atoms with Crippen molar-refractivity contribution in [1.82, 2.24) is 0 Å².